The molecule has 2 aliphatic heterocycles. The van der Waals surface area contributed by atoms with Crippen LogP contribution in [0.2, 0.25) is 0 Å². The molecule has 1 unspecified atom stereocenters. The molecular weight excluding hydrogens is 366 g/mol. The highest BCUT2D eigenvalue weighted by Gasteiger charge is 2.38. The maximum Gasteiger partial charge on any atom is 0.243 e. The Bertz CT molecular complexity index is 760. The minimum atomic E-state index is -3.49. The molecule has 0 saturated carbocycles. The summed E-state index contributed by atoms with van der Waals surface area (Å²) in [7, 11) is -1.86. The summed E-state index contributed by atoms with van der Waals surface area (Å²) in [4.78, 5) is 17.0. The van der Waals surface area contributed by atoms with Gasteiger partial charge in [0.15, 0.2) is 0 Å². The molecular formula is C19H29N3O4S. The van der Waals surface area contributed by atoms with E-state index < -0.39 is 10.0 Å². The quantitative estimate of drug-likeness (QED) is 0.683. The molecule has 27 heavy (non-hydrogen) atoms. The summed E-state index contributed by atoms with van der Waals surface area (Å²) < 4.78 is 32.7. The third-order valence-corrected chi connectivity index (χ3v) is 7.52. The minimum absolute atomic E-state index is 0.130. The first-order valence-corrected chi connectivity index (χ1v) is 11.0. The van der Waals surface area contributed by atoms with Gasteiger partial charge in [-0.3, -0.25) is 9.69 Å². The Morgan fingerprint density at radius 3 is 2.48 bits per heavy atom. The van der Waals surface area contributed by atoms with Crippen molar-refractivity contribution in [2.45, 2.75) is 30.7 Å². The topological polar surface area (TPSA) is 70.2 Å². The molecule has 2 saturated heterocycles. The Morgan fingerprint density at radius 1 is 1.11 bits per heavy atom. The molecule has 2 heterocycles. The molecule has 2 aliphatic rings. The van der Waals surface area contributed by atoms with E-state index in [2.05, 4.69) is 4.90 Å². The predicted molar refractivity (Wildman–Crippen MR) is 103 cm³/mol. The second-order valence-corrected chi connectivity index (χ2v) is 8.93. The van der Waals surface area contributed by atoms with Crippen LogP contribution in [0.25, 0.3) is 0 Å². The number of sulfonamides is 1. The molecule has 0 N–H and O–H groups in total. The van der Waals surface area contributed by atoms with E-state index in [1.54, 1.807) is 23.5 Å². The van der Waals surface area contributed by atoms with Gasteiger partial charge in [-0.05, 0) is 24.5 Å². The average molecular weight is 396 g/mol. The number of amides is 1. The van der Waals surface area contributed by atoms with E-state index in [1.807, 2.05) is 24.0 Å². The van der Waals surface area contributed by atoms with Crippen molar-refractivity contribution < 1.29 is 17.9 Å². The number of methoxy groups -OCH3 is 1. The van der Waals surface area contributed by atoms with Crippen LogP contribution in [0.5, 0.6) is 0 Å². The Morgan fingerprint density at radius 2 is 1.81 bits per heavy atom. The van der Waals surface area contributed by atoms with E-state index in [0.717, 1.165) is 18.5 Å². The van der Waals surface area contributed by atoms with Crippen LogP contribution in [0, 0.1) is 0 Å². The third kappa shape index (κ3) is 4.18. The standard InChI is InChI=1S/C19H29N3O4S/c1-3-16-6-4-5-7-18(16)27(24,25)22-12-10-20(11-13-22)17-8-9-21(19(17)23)14-15-26-2/h4-7,17H,3,8-15H2,1-2H3. The predicted octanol–water partition coefficient (Wildman–Crippen LogP) is 0.803. The Balaban J connectivity index is 1.63. The van der Waals surface area contributed by atoms with Crippen molar-refractivity contribution in [2.24, 2.45) is 0 Å². The number of benzene rings is 1. The van der Waals surface area contributed by atoms with E-state index in [9.17, 15) is 13.2 Å². The highest BCUT2D eigenvalue weighted by Crippen LogP contribution is 2.24. The first-order chi connectivity index (χ1) is 13.0. The van der Waals surface area contributed by atoms with Crippen molar-refractivity contribution in [2.75, 3.05) is 53.0 Å². The number of ether oxygens (including phenoxy) is 1. The van der Waals surface area contributed by atoms with E-state index >= 15 is 0 Å². The number of carbonyl (C=O) groups is 1. The SMILES string of the molecule is CCc1ccccc1S(=O)(=O)N1CCN(C2CCN(CCOC)C2=O)CC1. The maximum atomic E-state index is 13.0. The van der Waals surface area contributed by atoms with Crippen LogP contribution in [0.4, 0.5) is 0 Å². The lowest BCUT2D eigenvalue weighted by Crippen LogP contribution is -2.53. The van der Waals surface area contributed by atoms with Gasteiger partial charge >= 0.3 is 0 Å². The van der Waals surface area contributed by atoms with Gasteiger partial charge in [0.1, 0.15) is 0 Å². The summed E-state index contributed by atoms with van der Waals surface area (Å²) in [5.74, 6) is 0.139. The minimum Gasteiger partial charge on any atom is -0.383 e. The molecule has 0 aromatic heterocycles. The zero-order valence-electron chi connectivity index (χ0n) is 16.1. The van der Waals surface area contributed by atoms with Crippen LogP contribution in [0.1, 0.15) is 18.9 Å². The first-order valence-electron chi connectivity index (χ1n) is 9.59. The molecule has 0 spiro atoms. The maximum absolute atomic E-state index is 13.0. The highest BCUT2D eigenvalue weighted by atomic mass is 32.2. The molecule has 0 bridgehead atoms. The van der Waals surface area contributed by atoms with Crippen molar-refractivity contribution in [3.05, 3.63) is 29.8 Å². The van der Waals surface area contributed by atoms with Crippen molar-refractivity contribution >= 4 is 15.9 Å². The summed E-state index contributed by atoms with van der Waals surface area (Å²) in [5.41, 5.74) is 0.847. The Labute approximate surface area is 161 Å². The molecule has 2 fully saturated rings. The normalized spacial score (nSPS) is 22.5. The summed E-state index contributed by atoms with van der Waals surface area (Å²) in [6.07, 6.45) is 1.48. The smallest absolute Gasteiger partial charge is 0.243 e. The lowest BCUT2D eigenvalue weighted by atomic mass is 10.2. The molecule has 1 aromatic carbocycles. The summed E-state index contributed by atoms with van der Waals surface area (Å²) in [6.45, 7) is 5.88. The van der Waals surface area contributed by atoms with Crippen LogP contribution >= 0.6 is 0 Å². The van der Waals surface area contributed by atoms with Crippen molar-refractivity contribution in [3.63, 3.8) is 0 Å². The number of hydrogen-bond donors (Lipinski definition) is 0. The molecule has 0 radical (unpaired) electrons. The van der Waals surface area contributed by atoms with E-state index in [-0.39, 0.29) is 11.9 Å². The van der Waals surface area contributed by atoms with Crippen molar-refractivity contribution in [1.29, 1.82) is 0 Å². The molecule has 7 nitrogen and oxygen atoms in total. The molecule has 1 amide bonds. The first kappa shape index (κ1) is 20.3. The van der Waals surface area contributed by atoms with Gasteiger partial charge in [-0.25, -0.2) is 8.42 Å². The van der Waals surface area contributed by atoms with Gasteiger partial charge in [0.05, 0.1) is 17.5 Å². The number of rotatable bonds is 7. The molecule has 8 heteroatoms. The fourth-order valence-electron chi connectivity index (χ4n) is 3.93. The van der Waals surface area contributed by atoms with E-state index in [1.165, 1.54) is 0 Å². The van der Waals surface area contributed by atoms with Crippen LogP contribution in [-0.2, 0) is 26.0 Å². The number of nitrogens with zero attached hydrogens (tertiary/aromatic N) is 3. The lowest BCUT2D eigenvalue weighted by molar-refractivity contribution is -0.133. The van der Waals surface area contributed by atoms with Gasteiger partial charge in [0.2, 0.25) is 15.9 Å². The van der Waals surface area contributed by atoms with Crippen molar-refractivity contribution in [1.82, 2.24) is 14.1 Å². The van der Waals surface area contributed by atoms with E-state index in [0.29, 0.717) is 50.6 Å². The number of aryl methyl sites for hydroxylation is 1. The van der Waals surface area contributed by atoms with Crippen LogP contribution in [0.3, 0.4) is 0 Å². The summed E-state index contributed by atoms with van der Waals surface area (Å²) in [6, 6.07) is 7.07. The second-order valence-electron chi connectivity index (χ2n) is 7.02. The zero-order valence-corrected chi connectivity index (χ0v) is 17.0. The highest BCUT2D eigenvalue weighted by molar-refractivity contribution is 7.89. The van der Waals surface area contributed by atoms with Gasteiger partial charge in [0.25, 0.3) is 0 Å². The molecule has 150 valence electrons. The largest absolute Gasteiger partial charge is 0.383 e. The number of hydrogen-bond acceptors (Lipinski definition) is 5. The van der Waals surface area contributed by atoms with Crippen LogP contribution in [-0.4, -0.2) is 87.5 Å². The fraction of sp³-hybridized carbons (Fsp3) is 0.632. The monoisotopic (exact) mass is 395 g/mol. The van der Waals surface area contributed by atoms with Crippen LogP contribution in [0.15, 0.2) is 29.2 Å². The lowest BCUT2D eigenvalue weighted by Gasteiger charge is -2.36. The molecule has 3 rings (SSSR count). The summed E-state index contributed by atoms with van der Waals surface area (Å²) in [5, 5.41) is 0. The number of carbonyl (C=O) groups excluding carboxylic acids is 1. The van der Waals surface area contributed by atoms with Gasteiger partial charge in [0, 0.05) is 46.4 Å². The zero-order chi connectivity index (χ0) is 19.4. The van der Waals surface area contributed by atoms with E-state index in [4.69, 9.17) is 4.74 Å². The third-order valence-electron chi connectivity index (χ3n) is 5.52. The molecule has 1 atom stereocenters. The van der Waals surface area contributed by atoms with Gasteiger partial charge in [-0.2, -0.15) is 4.31 Å². The fourth-order valence-corrected chi connectivity index (χ4v) is 5.64. The Hall–Kier alpha value is -1.48. The van der Waals surface area contributed by atoms with Gasteiger partial charge in [-0.15, -0.1) is 0 Å². The molecule has 0 aliphatic carbocycles. The average Bonchev–Trinajstić information content (AvgIpc) is 3.06. The van der Waals surface area contributed by atoms with Gasteiger partial charge < -0.3 is 9.64 Å². The summed E-state index contributed by atoms with van der Waals surface area (Å²) >= 11 is 0. The second kappa shape index (κ2) is 8.68. The Kier molecular flexibility index (Phi) is 6.52. The van der Waals surface area contributed by atoms with Gasteiger partial charge in [-0.1, -0.05) is 25.1 Å². The number of likely N-dealkylation sites (tertiary alicyclic amines) is 1. The molecule has 1 aromatic rings. The van der Waals surface area contributed by atoms with Crippen LogP contribution < -0.4 is 0 Å². The number of piperazine rings is 1. The van der Waals surface area contributed by atoms with Crippen molar-refractivity contribution in [3.8, 4) is 0 Å².